The zero-order valence-electron chi connectivity index (χ0n) is 11.7. The first-order valence-corrected chi connectivity index (χ1v) is 7.29. The smallest absolute Gasteiger partial charge is 0.125 e. The average Bonchev–Trinajstić information content (AvgIpc) is 2.88. The average molecular weight is 247 g/mol. The van der Waals surface area contributed by atoms with Crippen molar-refractivity contribution in [1.29, 1.82) is 0 Å². The molecule has 1 aliphatic heterocycles. The normalized spacial score (nSPS) is 20.2. The molecular formula is C15H25N3. The van der Waals surface area contributed by atoms with E-state index in [4.69, 9.17) is 0 Å². The molecule has 1 atom stereocenters. The zero-order valence-corrected chi connectivity index (χ0v) is 11.7. The molecule has 1 saturated heterocycles. The van der Waals surface area contributed by atoms with Crippen LogP contribution in [-0.2, 0) is 0 Å². The molecule has 0 radical (unpaired) electrons. The summed E-state index contributed by atoms with van der Waals surface area (Å²) in [4.78, 5) is 7.07. The SMILES string of the molecule is CCCCNc1ccc([C@H]2CCCN2CC)cn1. The number of likely N-dealkylation sites (tertiary alicyclic amines) is 1. The first-order chi connectivity index (χ1) is 8.85. The molecule has 3 nitrogen and oxygen atoms in total. The predicted octanol–water partition coefficient (Wildman–Crippen LogP) is 3.45. The van der Waals surface area contributed by atoms with Gasteiger partial charge < -0.3 is 5.32 Å². The van der Waals surface area contributed by atoms with Crippen LogP contribution in [0.15, 0.2) is 18.3 Å². The Bertz CT molecular complexity index is 347. The van der Waals surface area contributed by atoms with Gasteiger partial charge in [0.05, 0.1) is 0 Å². The van der Waals surface area contributed by atoms with Gasteiger partial charge in [0.2, 0.25) is 0 Å². The minimum absolute atomic E-state index is 0.590. The van der Waals surface area contributed by atoms with Gasteiger partial charge in [-0.2, -0.15) is 0 Å². The van der Waals surface area contributed by atoms with Crippen molar-refractivity contribution in [2.24, 2.45) is 0 Å². The van der Waals surface area contributed by atoms with E-state index in [2.05, 4.69) is 41.2 Å². The third-order valence-corrected chi connectivity index (χ3v) is 3.78. The Balaban J connectivity index is 1.94. The van der Waals surface area contributed by atoms with E-state index < -0.39 is 0 Å². The van der Waals surface area contributed by atoms with E-state index in [1.54, 1.807) is 0 Å². The lowest BCUT2D eigenvalue weighted by molar-refractivity contribution is 0.271. The van der Waals surface area contributed by atoms with Gasteiger partial charge in [0, 0.05) is 18.8 Å². The third-order valence-electron chi connectivity index (χ3n) is 3.78. The summed E-state index contributed by atoms with van der Waals surface area (Å²) in [5, 5.41) is 3.36. The van der Waals surface area contributed by atoms with Crippen molar-refractivity contribution in [3.05, 3.63) is 23.9 Å². The summed E-state index contributed by atoms with van der Waals surface area (Å²) in [5.41, 5.74) is 1.37. The van der Waals surface area contributed by atoms with Crippen molar-refractivity contribution in [1.82, 2.24) is 9.88 Å². The van der Waals surface area contributed by atoms with E-state index in [9.17, 15) is 0 Å². The summed E-state index contributed by atoms with van der Waals surface area (Å²) < 4.78 is 0. The van der Waals surface area contributed by atoms with Gasteiger partial charge in [-0.25, -0.2) is 4.98 Å². The molecule has 2 heterocycles. The summed E-state index contributed by atoms with van der Waals surface area (Å²) in [5.74, 6) is 1.01. The van der Waals surface area contributed by atoms with Gasteiger partial charge >= 0.3 is 0 Å². The monoisotopic (exact) mass is 247 g/mol. The van der Waals surface area contributed by atoms with Crippen LogP contribution in [0.1, 0.15) is 51.1 Å². The molecule has 0 saturated carbocycles. The minimum Gasteiger partial charge on any atom is -0.370 e. The summed E-state index contributed by atoms with van der Waals surface area (Å²) in [6.07, 6.45) is 7.06. The lowest BCUT2D eigenvalue weighted by Gasteiger charge is -2.22. The molecule has 0 aromatic carbocycles. The fourth-order valence-electron chi connectivity index (χ4n) is 2.68. The minimum atomic E-state index is 0.590. The molecule has 1 N–H and O–H groups in total. The van der Waals surface area contributed by atoms with Crippen LogP contribution in [0.25, 0.3) is 0 Å². The summed E-state index contributed by atoms with van der Waals surface area (Å²) >= 11 is 0. The zero-order chi connectivity index (χ0) is 12.8. The Morgan fingerprint density at radius 3 is 2.94 bits per heavy atom. The number of hydrogen-bond acceptors (Lipinski definition) is 3. The number of anilines is 1. The molecule has 1 aromatic rings. The molecule has 100 valence electrons. The maximum Gasteiger partial charge on any atom is 0.125 e. The highest BCUT2D eigenvalue weighted by Crippen LogP contribution is 2.31. The number of aromatic nitrogens is 1. The van der Waals surface area contributed by atoms with Crippen LogP contribution in [0.4, 0.5) is 5.82 Å². The topological polar surface area (TPSA) is 28.2 Å². The molecule has 3 heteroatoms. The number of nitrogens with one attached hydrogen (secondary N) is 1. The van der Waals surface area contributed by atoms with Crippen LogP contribution in [-0.4, -0.2) is 29.5 Å². The van der Waals surface area contributed by atoms with Crippen LogP contribution in [0.5, 0.6) is 0 Å². The van der Waals surface area contributed by atoms with Crippen molar-refractivity contribution < 1.29 is 0 Å². The second-order valence-corrected chi connectivity index (χ2v) is 5.04. The Hall–Kier alpha value is -1.09. The number of pyridine rings is 1. The Morgan fingerprint density at radius 2 is 2.28 bits per heavy atom. The predicted molar refractivity (Wildman–Crippen MR) is 76.9 cm³/mol. The van der Waals surface area contributed by atoms with Crippen LogP contribution >= 0.6 is 0 Å². The summed E-state index contributed by atoms with van der Waals surface area (Å²) in [6, 6.07) is 4.95. The molecule has 1 aliphatic rings. The second-order valence-electron chi connectivity index (χ2n) is 5.04. The van der Waals surface area contributed by atoms with Gasteiger partial charge in [-0.3, -0.25) is 4.90 Å². The van der Waals surface area contributed by atoms with Crippen LogP contribution in [0, 0.1) is 0 Å². The van der Waals surface area contributed by atoms with E-state index in [0.717, 1.165) is 18.9 Å². The van der Waals surface area contributed by atoms with Crippen molar-refractivity contribution in [2.45, 2.75) is 45.6 Å². The second kappa shape index (κ2) is 6.74. The number of nitrogens with zero attached hydrogens (tertiary/aromatic N) is 2. The molecule has 0 bridgehead atoms. The van der Waals surface area contributed by atoms with E-state index in [-0.39, 0.29) is 0 Å². The molecule has 0 unspecified atom stereocenters. The summed E-state index contributed by atoms with van der Waals surface area (Å²) in [6.45, 7) is 7.84. The molecule has 0 amide bonds. The lowest BCUT2D eigenvalue weighted by Crippen LogP contribution is -2.22. The quantitative estimate of drug-likeness (QED) is 0.780. The Labute approximate surface area is 111 Å². The standard InChI is InChI=1S/C15H25N3/c1-3-5-10-16-15-9-8-13(12-17-15)14-7-6-11-18(14)4-2/h8-9,12,14H,3-7,10-11H2,1-2H3,(H,16,17)/t14-/m1/s1. The molecular weight excluding hydrogens is 222 g/mol. The molecule has 1 fully saturated rings. The van der Waals surface area contributed by atoms with E-state index in [0.29, 0.717) is 6.04 Å². The fourth-order valence-corrected chi connectivity index (χ4v) is 2.68. The highest BCUT2D eigenvalue weighted by molar-refractivity contribution is 5.36. The van der Waals surface area contributed by atoms with Gasteiger partial charge in [0.25, 0.3) is 0 Å². The van der Waals surface area contributed by atoms with Crippen LogP contribution in [0.2, 0.25) is 0 Å². The Morgan fingerprint density at radius 1 is 1.39 bits per heavy atom. The summed E-state index contributed by atoms with van der Waals surface area (Å²) in [7, 11) is 0. The van der Waals surface area contributed by atoms with Gasteiger partial charge in [0.15, 0.2) is 0 Å². The van der Waals surface area contributed by atoms with Gasteiger partial charge in [-0.05, 0) is 44.0 Å². The van der Waals surface area contributed by atoms with Crippen molar-refractivity contribution >= 4 is 5.82 Å². The highest BCUT2D eigenvalue weighted by Gasteiger charge is 2.24. The van der Waals surface area contributed by atoms with Gasteiger partial charge in [0.1, 0.15) is 5.82 Å². The third kappa shape index (κ3) is 3.22. The van der Waals surface area contributed by atoms with Crippen molar-refractivity contribution in [3.63, 3.8) is 0 Å². The van der Waals surface area contributed by atoms with Gasteiger partial charge in [-0.1, -0.05) is 26.3 Å². The van der Waals surface area contributed by atoms with E-state index in [1.165, 1.54) is 37.8 Å². The fraction of sp³-hybridized carbons (Fsp3) is 0.667. The number of unbranched alkanes of at least 4 members (excludes halogenated alkanes) is 1. The Kier molecular flexibility index (Phi) is 5.00. The van der Waals surface area contributed by atoms with Crippen LogP contribution in [0.3, 0.4) is 0 Å². The maximum absolute atomic E-state index is 4.53. The molecule has 0 spiro atoms. The maximum atomic E-state index is 4.53. The highest BCUT2D eigenvalue weighted by atomic mass is 15.2. The number of rotatable bonds is 6. The first kappa shape index (κ1) is 13.3. The molecule has 18 heavy (non-hydrogen) atoms. The molecule has 2 rings (SSSR count). The van der Waals surface area contributed by atoms with E-state index in [1.807, 2.05) is 6.20 Å². The van der Waals surface area contributed by atoms with Crippen molar-refractivity contribution in [3.8, 4) is 0 Å². The van der Waals surface area contributed by atoms with Gasteiger partial charge in [-0.15, -0.1) is 0 Å². The number of hydrogen-bond donors (Lipinski definition) is 1. The van der Waals surface area contributed by atoms with Crippen molar-refractivity contribution in [2.75, 3.05) is 25.0 Å². The molecule has 0 aliphatic carbocycles. The first-order valence-electron chi connectivity index (χ1n) is 7.29. The molecule has 1 aromatic heterocycles. The van der Waals surface area contributed by atoms with Crippen LogP contribution < -0.4 is 5.32 Å². The lowest BCUT2D eigenvalue weighted by atomic mass is 10.1. The largest absolute Gasteiger partial charge is 0.370 e. The van der Waals surface area contributed by atoms with E-state index >= 15 is 0 Å².